The molecule has 31 heavy (non-hydrogen) atoms. The van der Waals surface area contributed by atoms with E-state index in [2.05, 4.69) is 5.16 Å². The van der Waals surface area contributed by atoms with Gasteiger partial charge in [0.15, 0.2) is 6.20 Å². The Balaban J connectivity index is 2.58. The molecule has 0 unspecified atom stereocenters. The lowest BCUT2D eigenvalue weighted by molar-refractivity contribution is -0.607. The van der Waals surface area contributed by atoms with E-state index < -0.39 is 45.2 Å². The molecule has 0 bridgehead atoms. The van der Waals surface area contributed by atoms with Gasteiger partial charge in [-0.25, -0.2) is 4.39 Å². The van der Waals surface area contributed by atoms with Crippen LogP contribution in [0.5, 0.6) is 11.5 Å². The number of carbonyl (C=O) groups excluding carboxylic acids is 1. The quantitative estimate of drug-likeness (QED) is 0.197. The van der Waals surface area contributed by atoms with Crippen molar-refractivity contribution < 1.29 is 28.6 Å². The maximum atomic E-state index is 13.7. The topological polar surface area (TPSA) is 119 Å². The van der Waals surface area contributed by atoms with Crippen molar-refractivity contribution in [2.24, 2.45) is 10.6 Å². The summed E-state index contributed by atoms with van der Waals surface area (Å²) in [5.41, 5.74) is -2.60. The zero-order chi connectivity index (χ0) is 23.6. The minimum atomic E-state index is -0.988. The van der Waals surface area contributed by atoms with Crippen LogP contribution in [0.15, 0.2) is 35.6 Å². The molecule has 0 aliphatic heterocycles. The molecule has 0 aliphatic rings. The van der Waals surface area contributed by atoms with Gasteiger partial charge in [0, 0.05) is 17.5 Å². The largest absolute Gasteiger partial charge is 0.618 e. The van der Waals surface area contributed by atoms with Gasteiger partial charge in [-0.3, -0.25) is 4.79 Å². The number of hydrogen-bond acceptors (Lipinski definition) is 7. The summed E-state index contributed by atoms with van der Waals surface area (Å²) in [7, 11) is 0. The molecule has 164 valence electrons. The monoisotopic (exact) mass is 429 g/mol. The van der Waals surface area contributed by atoms with Gasteiger partial charge >= 0.3 is 5.69 Å². The minimum Gasteiger partial charge on any atom is -0.618 e. The Bertz CT molecular complexity index is 1080. The molecule has 0 amide bonds. The normalized spacial score (nSPS) is 12.3. The standard InChI is InChI=1S/C22H24FN3O5/c1-21(2,3)20(25-31-22(4,5)6)30-17-8-7-9-26(29)18(17)19(28)14-10-13(12-24)15(23)11-16(14)27/h7-11,27H,1-6H3. The van der Waals surface area contributed by atoms with Gasteiger partial charge in [0.2, 0.25) is 11.6 Å². The van der Waals surface area contributed by atoms with Crippen molar-refractivity contribution in [2.45, 2.75) is 47.1 Å². The first-order valence-corrected chi connectivity index (χ1v) is 9.38. The molecule has 2 aromatic rings. The molecule has 2 rings (SSSR count). The van der Waals surface area contributed by atoms with E-state index in [9.17, 15) is 19.5 Å². The summed E-state index contributed by atoms with van der Waals surface area (Å²) in [6, 6.07) is 5.86. The Kier molecular flexibility index (Phi) is 6.55. The maximum absolute atomic E-state index is 13.7. The Morgan fingerprint density at radius 2 is 1.90 bits per heavy atom. The summed E-state index contributed by atoms with van der Waals surface area (Å²) in [6.45, 7) is 10.8. The van der Waals surface area contributed by atoms with Crippen LogP contribution in [-0.2, 0) is 4.84 Å². The van der Waals surface area contributed by atoms with Crippen molar-refractivity contribution >= 4 is 11.7 Å². The molecule has 0 fully saturated rings. The number of pyridine rings is 1. The predicted octanol–water partition coefficient (Wildman–Crippen LogP) is 3.82. The minimum absolute atomic E-state index is 0.101. The fourth-order valence-electron chi connectivity index (χ4n) is 2.31. The number of aromatic hydroxyl groups is 1. The molecule has 0 aliphatic carbocycles. The van der Waals surface area contributed by atoms with Crippen molar-refractivity contribution in [1.82, 2.24) is 0 Å². The number of phenolic OH excluding ortho intramolecular Hbond substituents is 1. The van der Waals surface area contributed by atoms with E-state index in [-0.39, 0.29) is 16.4 Å². The highest BCUT2D eigenvalue weighted by atomic mass is 19.1. The zero-order valence-corrected chi connectivity index (χ0v) is 18.2. The van der Waals surface area contributed by atoms with Crippen molar-refractivity contribution in [3.05, 3.63) is 58.3 Å². The number of carbonyl (C=O) groups is 1. The number of nitriles is 1. The third-order valence-corrected chi connectivity index (χ3v) is 3.84. The van der Waals surface area contributed by atoms with Crippen LogP contribution in [-0.4, -0.2) is 22.4 Å². The molecular weight excluding hydrogens is 405 g/mol. The summed E-state index contributed by atoms with van der Waals surface area (Å²) >= 11 is 0. The smallest absolute Gasteiger partial charge is 0.308 e. The third-order valence-electron chi connectivity index (χ3n) is 3.84. The lowest BCUT2D eigenvalue weighted by atomic mass is 9.96. The summed E-state index contributed by atoms with van der Waals surface area (Å²) < 4.78 is 19.8. The van der Waals surface area contributed by atoms with Crippen LogP contribution < -0.4 is 9.47 Å². The number of hydrogen-bond donors (Lipinski definition) is 1. The number of phenols is 1. The molecule has 1 heterocycles. The Labute approximate surface area is 179 Å². The fourth-order valence-corrected chi connectivity index (χ4v) is 2.31. The lowest BCUT2D eigenvalue weighted by Crippen LogP contribution is -2.37. The Morgan fingerprint density at radius 3 is 2.45 bits per heavy atom. The molecule has 0 radical (unpaired) electrons. The van der Waals surface area contributed by atoms with Crippen molar-refractivity contribution in [3.63, 3.8) is 0 Å². The van der Waals surface area contributed by atoms with Crippen molar-refractivity contribution in [2.75, 3.05) is 0 Å². The number of aromatic nitrogens is 1. The van der Waals surface area contributed by atoms with Crippen LogP contribution in [0.25, 0.3) is 0 Å². The molecule has 0 saturated carbocycles. The molecule has 0 spiro atoms. The van der Waals surface area contributed by atoms with Crippen LogP contribution in [0.1, 0.15) is 63.2 Å². The third kappa shape index (κ3) is 5.69. The first-order chi connectivity index (χ1) is 14.2. The second-order valence-corrected chi connectivity index (χ2v) is 8.79. The highest BCUT2D eigenvalue weighted by Crippen LogP contribution is 2.28. The van der Waals surface area contributed by atoms with E-state index in [4.69, 9.17) is 14.8 Å². The SMILES string of the molecule is CC(C)(C)ON=C(Oc1ccc[n+]([O-])c1C(=O)c1cc(C#N)c(F)cc1O)C(C)(C)C. The summed E-state index contributed by atoms with van der Waals surface area (Å²) in [5.74, 6) is -2.70. The summed E-state index contributed by atoms with van der Waals surface area (Å²) in [6.07, 6.45) is 1.07. The van der Waals surface area contributed by atoms with Crippen LogP contribution in [0.2, 0.25) is 0 Å². The average molecular weight is 429 g/mol. The number of oxime groups is 1. The van der Waals surface area contributed by atoms with Gasteiger partial charge in [0.1, 0.15) is 23.2 Å². The molecular formula is C22H24FN3O5. The highest BCUT2D eigenvalue weighted by molar-refractivity contribution is 6.10. The first kappa shape index (κ1) is 23.6. The average Bonchev–Trinajstić information content (AvgIpc) is 2.63. The second-order valence-electron chi connectivity index (χ2n) is 8.79. The van der Waals surface area contributed by atoms with E-state index in [1.165, 1.54) is 12.1 Å². The number of ketones is 1. The van der Waals surface area contributed by atoms with Gasteiger partial charge in [0.05, 0.1) is 11.1 Å². The summed E-state index contributed by atoms with van der Waals surface area (Å²) in [5, 5.41) is 35.6. The number of rotatable bonds is 4. The van der Waals surface area contributed by atoms with Gasteiger partial charge < -0.3 is 19.9 Å². The number of ether oxygens (including phenoxy) is 1. The van der Waals surface area contributed by atoms with Gasteiger partial charge in [-0.2, -0.15) is 9.99 Å². The molecule has 0 saturated heterocycles. The Hall–Kier alpha value is -3.67. The predicted molar refractivity (Wildman–Crippen MR) is 110 cm³/mol. The lowest BCUT2D eigenvalue weighted by Gasteiger charge is -2.23. The molecule has 9 heteroatoms. The Morgan fingerprint density at radius 1 is 1.26 bits per heavy atom. The number of nitrogens with zero attached hydrogens (tertiary/aromatic N) is 3. The van der Waals surface area contributed by atoms with E-state index in [1.54, 1.807) is 47.6 Å². The van der Waals surface area contributed by atoms with Crippen molar-refractivity contribution in [3.8, 4) is 17.6 Å². The van der Waals surface area contributed by atoms with E-state index in [0.29, 0.717) is 6.07 Å². The first-order valence-electron chi connectivity index (χ1n) is 9.38. The fraction of sp³-hybridized carbons (Fsp3) is 0.364. The van der Waals surface area contributed by atoms with Crippen LogP contribution in [0.4, 0.5) is 4.39 Å². The molecule has 1 aromatic heterocycles. The second kappa shape index (κ2) is 8.60. The van der Waals surface area contributed by atoms with E-state index >= 15 is 0 Å². The van der Waals surface area contributed by atoms with Gasteiger partial charge in [0.25, 0.3) is 5.78 Å². The van der Waals surface area contributed by atoms with Gasteiger partial charge in [-0.15, -0.1) is 0 Å². The highest BCUT2D eigenvalue weighted by Gasteiger charge is 2.31. The van der Waals surface area contributed by atoms with Crippen molar-refractivity contribution in [1.29, 1.82) is 5.26 Å². The van der Waals surface area contributed by atoms with Crippen LogP contribution in [0.3, 0.4) is 0 Å². The number of benzene rings is 1. The van der Waals surface area contributed by atoms with E-state index in [1.807, 2.05) is 0 Å². The molecule has 0 atom stereocenters. The molecule has 1 aromatic carbocycles. The van der Waals surface area contributed by atoms with Gasteiger partial charge in [-0.1, -0.05) is 25.9 Å². The van der Waals surface area contributed by atoms with Crippen LogP contribution >= 0.6 is 0 Å². The maximum Gasteiger partial charge on any atom is 0.308 e. The summed E-state index contributed by atoms with van der Waals surface area (Å²) in [4.78, 5) is 18.5. The van der Waals surface area contributed by atoms with Gasteiger partial charge in [-0.05, 0) is 32.9 Å². The zero-order valence-electron chi connectivity index (χ0n) is 18.2. The number of halogens is 1. The van der Waals surface area contributed by atoms with Crippen LogP contribution in [0, 0.1) is 27.8 Å². The van der Waals surface area contributed by atoms with E-state index in [0.717, 1.165) is 12.3 Å². The molecule has 8 nitrogen and oxygen atoms in total. The molecule has 1 N–H and O–H groups in total.